The highest BCUT2D eigenvalue weighted by Crippen LogP contribution is 2.34. The van der Waals surface area contributed by atoms with Gasteiger partial charge in [0.1, 0.15) is 0 Å². The Morgan fingerprint density at radius 2 is 1.09 bits per heavy atom. The van der Waals surface area contributed by atoms with Gasteiger partial charge in [0.2, 0.25) is 0 Å². The van der Waals surface area contributed by atoms with Gasteiger partial charge in [-0.15, -0.1) is 0 Å². The molecule has 1 aromatic heterocycles. The molecule has 3 aliphatic heterocycles. The van der Waals surface area contributed by atoms with Crippen molar-refractivity contribution in [3.05, 3.63) is 30.1 Å². The van der Waals surface area contributed by atoms with Gasteiger partial charge < -0.3 is 20.1 Å². The Morgan fingerprint density at radius 1 is 0.721 bits per heavy atom. The molecular formula is C24H30F9N3O7. The highest BCUT2D eigenvalue weighted by atomic mass is 19.4. The molecule has 43 heavy (non-hydrogen) atoms. The minimum Gasteiger partial charge on any atom is -0.475 e. The molecule has 3 aliphatic rings. The molecule has 3 saturated heterocycles. The number of carboxylic acids is 3. The molecule has 0 bridgehead atoms. The maximum Gasteiger partial charge on any atom is 0.490 e. The highest BCUT2D eigenvalue weighted by molar-refractivity contribution is 5.73. The summed E-state index contributed by atoms with van der Waals surface area (Å²) in [7, 11) is 0. The average Bonchev–Trinajstić information content (AvgIpc) is 3.48. The monoisotopic (exact) mass is 643 g/mol. The van der Waals surface area contributed by atoms with E-state index in [0.29, 0.717) is 0 Å². The van der Waals surface area contributed by atoms with Gasteiger partial charge in [0.15, 0.2) is 0 Å². The molecule has 3 N–H and O–H groups in total. The maximum absolute atomic E-state index is 10.6. The molecule has 4 heterocycles. The minimum atomic E-state index is -5.08. The van der Waals surface area contributed by atoms with Crippen LogP contribution in [-0.2, 0) is 25.7 Å². The molecular weight excluding hydrogens is 613 g/mol. The van der Waals surface area contributed by atoms with E-state index < -0.39 is 36.4 Å². The number of halogens is 9. The van der Waals surface area contributed by atoms with Crippen LogP contribution < -0.4 is 0 Å². The van der Waals surface area contributed by atoms with Gasteiger partial charge in [0, 0.05) is 63.9 Å². The van der Waals surface area contributed by atoms with Crippen LogP contribution >= 0.6 is 0 Å². The van der Waals surface area contributed by atoms with Crippen LogP contribution in [0.15, 0.2) is 24.5 Å². The van der Waals surface area contributed by atoms with Crippen LogP contribution in [0.3, 0.4) is 0 Å². The number of likely N-dealkylation sites (tertiary alicyclic amines) is 2. The van der Waals surface area contributed by atoms with Gasteiger partial charge in [0.05, 0.1) is 0 Å². The van der Waals surface area contributed by atoms with E-state index in [0.717, 1.165) is 37.8 Å². The second-order valence-electron chi connectivity index (χ2n) is 9.50. The van der Waals surface area contributed by atoms with E-state index in [-0.39, 0.29) is 0 Å². The Balaban J connectivity index is 0.000000363. The van der Waals surface area contributed by atoms with Crippen molar-refractivity contribution < 1.29 is 74.0 Å². The van der Waals surface area contributed by atoms with Crippen molar-refractivity contribution in [2.24, 2.45) is 5.92 Å². The number of aliphatic carboxylic acids is 3. The lowest BCUT2D eigenvalue weighted by Gasteiger charge is -2.30. The van der Waals surface area contributed by atoms with Crippen molar-refractivity contribution in [2.45, 2.75) is 62.8 Å². The number of pyridine rings is 1. The molecule has 246 valence electrons. The Bertz CT molecular complexity index is 961. The highest BCUT2D eigenvalue weighted by Gasteiger charge is 2.43. The number of hydrogen-bond acceptors (Lipinski definition) is 7. The van der Waals surface area contributed by atoms with Crippen LogP contribution in [0.5, 0.6) is 0 Å². The predicted octanol–water partition coefficient (Wildman–Crippen LogP) is 4.06. The molecule has 0 radical (unpaired) electrons. The first-order valence-corrected chi connectivity index (χ1v) is 12.6. The zero-order valence-electron chi connectivity index (χ0n) is 22.3. The average molecular weight is 643 g/mol. The number of fused-ring (bicyclic) bond motifs is 1. The van der Waals surface area contributed by atoms with E-state index in [1.807, 2.05) is 12.4 Å². The summed E-state index contributed by atoms with van der Waals surface area (Å²) >= 11 is 0. The Labute approximate surface area is 239 Å². The van der Waals surface area contributed by atoms with Gasteiger partial charge >= 0.3 is 36.4 Å². The summed E-state index contributed by atoms with van der Waals surface area (Å²) in [5.74, 6) is -7.41. The molecule has 0 aromatic carbocycles. The van der Waals surface area contributed by atoms with Gasteiger partial charge in [0.25, 0.3) is 0 Å². The summed E-state index contributed by atoms with van der Waals surface area (Å²) in [6, 6.07) is 5.88. The lowest BCUT2D eigenvalue weighted by atomic mass is 9.99. The van der Waals surface area contributed by atoms with Crippen molar-refractivity contribution in [3.63, 3.8) is 0 Å². The topological polar surface area (TPSA) is 140 Å². The van der Waals surface area contributed by atoms with Gasteiger partial charge in [-0.05, 0) is 49.3 Å². The van der Waals surface area contributed by atoms with Crippen LogP contribution in [-0.4, -0.2) is 111 Å². The SMILES string of the molecule is O=C(O)C(F)(F)F.O=C(O)C(F)(F)F.O=C(O)C(F)(F)F.c1cc(CN2CC[C@@H]3[C@@H]2CCN3CC2CCOCC2)ccn1. The van der Waals surface area contributed by atoms with Crippen LogP contribution in [0.2, 0.25) is 0 Å². The smallest absolute Gasteiger partial charge is 0.475 e. The molecule has 2 atom stereocenters. The minimum absolute atomic E-state index is 0.771. The fraction of sp³-hybridized carbons (Fsp3) is 0.667. The quantitative estimate of drug-likeness (QED) is 0.412. The predicted molar refractivity (Wildman–Crippen MR) is 128 cm³/mol. The molecule has 0 saturated carbocycles. The summed E-state index contributed by atoms with van der Waals surface area (Å²) < 4.78 is 101. The summed E-state index contributed by atoms with van der Waals surface area (Å²) in [4.78, 5) is 36.3. The first-order chi connectivity index (χ1) is 19.7. The van der Waals surface area contributed by atoms with E-state index in [2.05, 4.69) is 26.9 Å². The first-order valence-electron chi connectivity index (χ1n) is 12.6. The van der Waals surface area contributed by atoms with Gasteiger partial charge in [-0.25, -0.2) is 14.4 Å². The number of aromatic nitrogens is 1. The van der Waals surface area contributed by atoms with Crippen LogP contribution in [0, 0.1) is 5.92 Å². The first kappa shape index (κ1) is 37.8. The van der Waals surface area contributed by atoms with Crippen molar-refractivity contribution in [1.82, 2.24) is 14.8 Å². The number of carboxylic acid groups (broad SMARTS) is 3. The molecule has 0 amide bonds. The Hall–Kier alpha value is -3.19. The Kier molecular flexibility index (Phi) is 14.6. The normalized spacial score (nSPS) is 21.2. The number of hydrogen-bond donors (Lipinski definition) is 3. The van der Waals surface area contributed by atoms with Crippen LogP contribution in [0.4, 0.5) is 39.5 Å². The van der Waals surface area contributed by atoms with Crippen LogP contribution in [0.25, 0.3) is 0 Å². The second kappa shape index (κ2) is 16.6. The van der Waals surface area contributed by atoms with E-state index in [1.54, 1.807) is 0 Å². The van der Waals surface area contributed by atoms with Crippen molar-refractivity contribution in [2.75, 3.05) is 32.8 Å². The number of carbonyl (C=O) groups is 3. The van der Waals surface area contributed by atoms with E-state index in [9.17, 15) is 39.5 Å². The number of ether oxygens (including phenoxy) is 1. The third kappa shape index (κ3) is 14.2. The zero-order valence-corrected chi connectivity index (χ0v) is 22.3. The summed E-state index contributed by atoms with van der Waals surface area (Å²) in [6.45, 7) is 6.88. The van der Waals surface area contributed by atoms with Crippen molar-refractivity contribution in [1.29, 1.82) is 0 Å². The lowest BCUT2D eigenvalue weighted by molar-refractivity contribution is -0.193. The Morgan fingerprint density at radius 3 is 1.49 bits per heavy atom. The largest absolute Gasteiger partial charge is 0.490 e. The molecule has 10 nitrogen and oxygen atoms in total. The third-order valence-electron chi connectivity index (χ3n) is 6.50. The third-order valence-corrected chi connectivity index (χ3v) is 6.50. The molecule has 1 aromatic rings. The molecule has 19 heteroatoms. The number of alkyl halides is 9. The lowest BCUT2D eigenvalue weighted by Crippen LogP contribution is -2.39. The fourth-order valence-corrected chi connectivity index (χ4v) is 4.57. The van der Waals surface area contributed by atoms with Crippen molar-refractivity contribution in [3.8, 4) is 0 Å². The van der Waals surface area contributed by atoms with Gasteiger partial charge in [-0.1, -0.05) is 0 Å². The molecule has 0 spiro atoms. The standard InChI is InChI=1S/C18H27N3O.3C2HF3O2/c1-7-19-8-2-15(1)13-20-9-3-18-17(20)4-10-21(18)14-16-5-11-22-12-6-16;3*3-2(4,5)1(6)7/h1-2,7-8,16-18H,3-6,9-14H2;3*(H,6,7)/t17-,18+;;;/m0.../s1. The van der Waals surface area contributed by atoms with Gasteiger partial charge in [-0.2, -0.15) is 39.5 Å². The van der Waals surface area contributed by atoms with E-state index in [1.165, 1.54) is 50.9 Å². The molecule has 0 unspecified atom stereocenters. The van der Waals surface area contributed by atoms with Crippen LogP contribution in [0.1, 0.15) is 31.2 Å². The van der Waals surface area contributed by atoms with E-state index >= 15 is 0 Å². The number of nitrogens with zero attached hydrogens (tertiary/aromatic N) is 3. The van der Waals surface area contributed by atoms with Gasteiger partial charge in [-0.3, -0.25) is 14.8 Å². The molecule has 4 rings (SSSR count). The molecule has 3 fully saturated rings. The summed E-state index contributed by atoms with van der Waals surface area (Å²) in [5, 5.41) is 21.4. The zero-order chi connectivity index (χ0) is 33.0. The van der Waals surface area contributed by atoms with E-state index in [4.69, 9.17) is 34.4 Å². The summed E-state index contributed by atoms with van der Waals surface area (Å²) in [6.07, 6.45) is -6.22. The molecule has 0 aliphatic carbocycles. The van der Waals surface area contributed by atoms with Crippen molar-refractivity contribution >= 4 is 17.9 Å². The second-order valence-corrected chi connectivity index (χ2v) is 9.50. The fourth-order valence-electron chi connectivity index (χ4n) is 4.57. The maximum atomic E-state index is 10.6. The number of rotatable bonds is 4. The summed E-state index contributed by atoms with van der Waals surface area (Å²) in [5.41, 5.74) is 1.40.